The van der Waals surface area contributed by atoms with Gasteiger partial charge in [-0.1, -0.05) is 0 Å². The molecule has 0 saturated heterocycles. The van der Waals surface area contributed by atoms with Crippen LogP contribution in [0.5, 0.6) is 0 Å². The first kappa shape index (κ1) is 21.9. The highest BCUT2D eigenvalue weighted by Gasteiger charge is 2.79. The summed E-state index contributed by atoms with van der Waals surface area (Å²) in [4.78, 5) is 0. The van der Waals surface area contributed by atoms with Crippen molar-refractivity contribution >= 4 is 0 Å². The smallest absolute Gasteiger partial charge is 0.272 e. The lowest BCUT2D eigenvalue weighted by atomic mass is 10.2. The van der Waals surface area contributed by atoms with Gasteiger partial charge in [0.15, 0.2) is 0 Å². The molecule has 2 unspecified atom stereocenters. The molecule has 0 aromatic rings. The van der Waals surface area contributed by atoms with Crippen LogP contribution in [0.3, 0.4) is 0 Å². The van der Waals surface area contributed by atoms with Crippen molar-refractivity contribution in [2.24, 2.45) is 0 Å². The molecule has 0 rings (SSSR count). The van der Waals surface area contributed by atoms with Crippen LogP contribution in [0.4, 0.5) is 61.5 Å². The quantitative estimate of drug-likeness (QED) is 0.626. The Morgan fingerprint density at radius 3 is 1.30 bits per heavy atom. The maximum absolute atomic E-state index is 13.1. The molecule has 0 spiro atoms. The fraction of sp³-hybridized carbons (Fsp3) is 1.00. The summed E-state index contributed by atoms with van der Waals surface area (Å²) >= 11 is 0. The highest BCUT2D eigenvalue weighted by atomic mass is 19.4. The van der Waals surface area contributed by atoms with Crippen LogP contribution in [0.2, 0.25) is 0 Å². The van der Waals surface area contributed by atoms with Crippen molar-refractivity contribution in [2.75, 3.05) is 0 Å². The first-order valence-electron chi connectivity index (χ1n) is 4.66. The molecule has 0 aliphatic carbocycles. The second-order valence-corrected chi connectivity index (χ2v) is 3.55. The van der Waals surface area contributed by atoms with Gasteiger partial charge in [-0.3, -0.25) is 9.47 Å². The van der Waals surface area contributed by atoms with Crippen LogP contribution in [-0.2, 0) is 9.47 Å². The van der Waals surface area contributed by atoms with Crippen molar-refractivity contribution in [3.8, 4) is 0 Å². The van der Waals surface area contributed by atoms with Crippen molar-refractivity contribution < 1.29 is 70.9 Å². The van der Waals surface area contributed by atoms with Crippen molar-refractivity contribution in [1.29, 1.82) is 0 Å². The predicted molar refractivity (Wildman–Crippen MR) is 38.9 cm³/mol. The molecular weight excluding hydrogens is 382 g/mol. The topological polar surface area (TPSA) is 18.5 Å². The minimum atomic E-state index is -7.32. The Kier molecular flexibility index (Phi) is 5.82. The van der Waals surface area contributed by atoms with Crippen LogP contribution in [0.1, 0.15) is 0 Å². The van der Waals surface area contributed by atoms with E-state index in [1.807, 2.05) is 0 Å². The molecule has 0 aromatic carbocycles. The van der Waals surface area contributed by atoms with E-state index in [0.29, 0.717) is 0 Å². The number of rotatable bonds is 6. The SMILES string of the molecule is FC(OC(F)(F)C(F)(OC(F)(F)C(F)F)C(F)(F)F)C(F)(F)F. The molecule has 23 heavy (non-hydrogen) atoms. The average molecular weight is 384 g/mol. The van der Waals surface area contributed by atoms with E-state index in [9.17, 15) is 61.5 Å². The molecule has 0 fully saturated rings. The minimum absolute atomic E-state index is 1.65. The van der Waals surface area contributed by atoms with Gasteiger partial charge in [0.25, 0.3) is 6.36 Å². The van der Waals surface area contributed by atoms with E-state index in [4.69, 9.17) is 0 Å². The lowest BCUT2D eigenvalue weighted by Gasteiger charge is -2.36. The number of hydrogen-bond donors (Lipinski definition) is 0. The van der Waals surface area contributed by atoms with Gasteiger partial charge in [0.1, 0.15) is 0 Å². The largest absolute Gasteiger partial charge is 0.458 e. The van der Waals surface area contributed by atoms with E-state index in [2.05, 4.69) is 0 Å². The molecular formula is C7H2F14O2. The summed E-state index contributed by atoms with van der Waals surface area (Å²) in [6.45, 7) is 0. The van der Waals surface area contributed by atoms with Crippen LogP contribution >= 0.6 is 0 Å². The van der Waals surface area contributed by atoms with Gasteiger partial charge in [0, 0.05) is 0 Å². The fourth-order valence-corrected chi connectivity index (χ4v) is 0.787. The van der Waals surface area contributed by atoms with Gasteiger partial charge in [0.05, 0.1) is 0 Å². The van der Waals surface area contributed by atoms with Gasteiger partial charge in [0.2, 0.25) is 0 Å². The van der Waals surface area contributed by atoms with Crippen LogP contribution in [-0.4, -0.2) is 43.2 Å². The first-order valence-corrected chi connectivity index (χ1v) is 4.66. The number of hydrogen-bond acceptors (Lipinski definition) is 2. The van der Waals surface area contributed by atoms with E-state index in [1.54, 1.807) is 9.47 Å². The normalized spacial score (nSPS) is 18.9. The van der Waals surface area contributed by atoms with Gasteiger partial charge < -0.3 is 0 Å². The zero-order valence-electron chi connectivity index (χ0n) is 9.76. The third-order valence-electron chi connectivity index (χ3n) is 1.78. The summed E-state index contributed by atoms with van der Waals surface area (Å²) in [7, 11) is 0. The number of halogens is 14. The van der Waals surface area contributed by atoms with Crippen molar-refractivity contribution in [2.45, 2.75) is 43.2 Å². The zero-order chi connectivity index (χ0) is 19.1. The fourth-order valence-electron chi connectivity index (χ4n) is 0.787. The summed E-state index contributed by atoms with van der Waals surface area (Å²) in [6.07, 6.45) is -37.9. The molecule has 0 saturated carbocycles. The molecule has 0 bridgehead atoms. The molecule has 0 aliphatic heterocycles. The van der Waals surface area contributed by atoms with Gasteiger partial charge in [-0.2, -0.15) is 48.3 Å². The Labute approximate surface area is 115 Å². The van der Waals surface area contributed by atoms with Crippen LogP contribution in [0.25, 0.3) is 0 Å². The highest BCUT2D eigenvalue weighted by Crippen LogP contribution is 2.51. The minimum Gasteiger partial charge on any atom is -0.272 e. The standard InChI is InChI=1S/C7H2F14O2/c8-1(9)4(14,15)23-5(16,6(17,18)19)7(20,21)22-2(10)3(11,12)13/h1-2H. The second-order valence-electron chi connectivity index (χ2n) is 3.55. The Morgan fingerprint density at radius 2 is 1.04 bits per heavy atom. The monoisotopic (exact) mass is 384 g/mol. The number of alkyl halides is 14. The van der Waals surface area contributed by atoms with Crippen LogP contribution in [0.15, 0.2) is 0 Å². The molecule has 0 amide bonds. The lowest BCUT2D eigenvalue weighted by Crippen LogP contribution is -2.63. The summed E-state index contributed by atoms with van der Waals surface area (Å²) in [5.74, 6) is -7.23. The van der Waals surface area contributed by atoms with E-state index in [0.717, 1.165) is 0 Å². The Hall–Kier alpha value is -1.06. The third kappa shape index (κ3) is 4.71. The van der Waals surface area contributed by atoms with Gasteiger partial charge in [-0.05, 0) is 0 Å². The molecule has 0 heterocycles. The summed E-state index contributed by atoms with van der Waals surface area (Å²) in [6, 6.07) is 0. The van der Waals surface area contributed by atoms with Gasteiger partial charge >= 0.3 is 36.9 Å². The van der Waals surface area contributed by atoms with Crippen molar-refractivity contribution in [3.63, 3.8) is 0 Å². The van der Waals surface area contributed by atoms with Gasteiger partial charge in [-0.25, -0.2) is 13.2 Å². The van der Waals surface area contributed by atoms with E-state index in [1.165, 1.54) is 0 Å². The van der Waals surface area contributed by atoms with Crippen molar-refractivity contribution in [1.82, 2.24) is 0 Å². The Balaban J connectivity index is 5.80. The molecule has 0 radical (unpaired) electrons. The Bertz CT molecular complexity index is 399. The van der Waals surface area contributed by atoms with Crippen LogP contribution < -0.4 is 0 Å². The molecule has 0 aliphatic rings. The molecule has 0 aromatic heterocycles. The van der Waals surface area contributed by atoms with Gasteiger partial charge in [-0.15, -0.1) is 0 Å². The van der Waals surface area contributed by atoms with E-state index < -0.39 is 43.2 Å². The summed E-state index contributed by atoms with van der Waals surface area (Å²) in [5.41, 5.74) is 0. The first-order chi connectivity index (χ1) is 9.78. The number of ether oxygens (including phenoxy) is 2. The lowest BCUT2D eigenvalue weighted by molar-refractivity contribution is -0.523. The summed E-state index contributed by atoms with van der Waals surface area (Å²) < 4.78 is 173. The summed E-state index contributed by atoms with van der Waals surface area (Å²) in [5, 5.41) is 0. The molecule has 2 nitrogen and oxygen atoms in total. The van der Waals surface area contributed by atoms with E-state index >= 15 is 0 Å². The molecule has 16 heteroatoms. The maximum Gasteiger partial charge on any atom is 0.458 e. The molecule has 2 atom stereocenters. The Morgan fingerprint density at radius 1 is 0.652 bits per heavy atom. The van der Waals surface area contributed by atoms with Crippen molar-refractivity contribution in [3.05, 3.63) is 0 Å². The van der Waals surface area contributed by atoms with E-state index in [-0.39, 0.29) is 0 Å². The highest BCUT2D eigenvalue weighted by molar-refractivity contribution is 4.89. The zero-order valence-corrected chi connectivity index (χ0v) is 9.76. The third-order valence-corrected chi connectivity index (χ3v) is 1.78. The second kappa shape index (κ2) is 6.10. The van der Waals surface area contributed by atoms with Crippen LogP contribution in [0, 0.1) is 0 Å². The maximum atomic E-state index is 13.1. The predicted octanol–water partition coefficient (Wildman–Crippen LogP) is 4.56. The molecule has 0 N–H and O–H groups in total. The average Bonchev–Trinajstić information content (AvgIpc) is 2.24. The molecule has 140 valence electrons.